The highest BCUT2D eigenvalue weighted by Gasteiger charge is 2.27. The van der Waals surface area contributed by atoms with Crippen LogP contribution in [0.1, 0.15) is 11.3 Å². The number of tetrazole rings is 1. The van der Waals surface area contributed by atoms with Gasteiger partial charge < -0.3 is 9.42 Å². The van der Waals surface area contributed by atoms with E-state index in [9.17, 15) is 4.79 Å². The van der Waals surface area contributed by atoms with E-state index < -0.39 is 0 Å². The zero-order valence-electron chi connectivity index (χ0n) is 13.6. The first kappa shape index (κ1) is 15.8. The van der Waals surface area contributed by atoms with Gasteiger partial charge in [-0.15, -0.1) is 5.10 Å². The highest BCUT2D eigenvalue weighted by atomic mass is 32.2. The zero-order chi connectivity index (χ0) is 17.2. The molecule has 2 aromatic heterocycles. The number of aryl methyl sites for hydroxylation is 1. The van der Waals surface area contributed by atoms with Crippen molar-refractivity contribution in [2.45, 2.75) is 18.1 Å². The molecular weight excluding hydrogens is 340 g/mol. The van der Waals surface area contributed by atoms with E-state index in [2.05, 4.69) is 20.7 Å². The smallest absolute Gasteiger partial charge is 0.233 e. The van der Waals surface area contributed by atoms with Gasteiger partial charge in [-0.25, -0.2) is 4.68 Å². The van der Waals surface area contributed by atoms with Crippen LogP contribution in [0.25, 0.3) is 11.3 Å². The Morgan fingerprint density at radius 3 is 2.92 bits per heavy atom. The van der Waals surface area contributed by atoms with Crippen molar-refractivity contribution in [2.24, 2.45) is 7.05 Å². The van der Waals surface area contributed by atoms with Gasteiger partial charge in [-0.3, -0.25) is 4.79 Å². The van der Waals surface area contributed by atoms with Crippen LogP contribution in [-0.4, -0.2) is 48.5 Å². The third-order valence-corrected chi connectivity index (χ3v) is 5.13. The third kappa shape index (κ3) is 3.14. The fourth-order valence-electron chi connectivity index (χ4n) is 2.81. The molecule has 25 heavy (non-hydrogen) atoms. The molecule has 0 fully saturated rings. The van der Waals surface area contributed by atoms with E-state index >= 15 is 0 Å². The van der Waals surface area contributed by atoms with Crippen molar-refractivity contribution in [3.05, 3.63) is 41.7 Å². The van der Waals surface area contributed by atoms with Crippen LogP contribution in [0.3, 0.4) is 0 Å². The van der Waals surface area contributed by atoms with Gasteiger partial charge in [-0.05, 0) is 10.4 Å². The van der Waals surface area contributed by atoms with E-state index in [1.807, 2.05) is 35.2 Å². The maximum Gasteiger partial charge on any atom is 0.233 e. The lowest BCUT2D eigenvalue weighted by Crippen LogP contribution is -2.36. The number of carbonyl (C=O) groups excluding carboxylic acids is 1. The van der Waals surface area contributed by atoms with Crippen molar-refractivity contribution in [1.29, 1.82) is 0 Å². The van der Waals surface area contributed by atoms with Crippen molar-refractivity contribution in [3.8, 4) is 11.3 Å². The molecule has 0 atom stereocenters. The Hall–Kier alpha value is -2.68. The highest BCUT2D eigenvalue weighted by Crippen LogP contribution is 2.30. The number of rotatable bonds is 4. The van der Waals surface area contributed by atoms with Gasteiger partial charge >= 0.3 is 0 Å². The first-order valence-electron chi connectivity index (χ1n) is 7.88. The van der Waals surface area contributed by atoms with Crippen molar-refractivity contribution in [1.82, 2.24) is 30.3 Å². The minimum absolute atomic E-state index is 0.0545. The Morgan fingerprint density at radius 1 is 1.32 bits per heavy atom. The minimum Gasteiger partial charge on any atom is -0.360 e. The molecule has 0 aliphatic carbocycles. The number of hydrogen-bond donors (Lipinski definition) is 0. The molecule has 1 aliphatic heterocycles. The molecule has 3 heterocycles. The summed E-state index contributed by atoms with van der Waals surface area (Å²) < 4.78 is 7.04. The van der Waals surface area contributed by atoms with Gasteiger partial charge in [-0.2, -0.15) is 0 Å². The average Bonchev–Trinajstić information content (AvgIpc) is 3.25. The monoisotopic (exact) mass is 356 g/mol. The largest absolute Gasteiger partial charge is 0.360 e. The van der Waals surface area contributed by atoms with E-state index in [-0.39, 0.29) is 5.91 Å². The topological polar surface area (TPSA) is 89.9 Å². The number of amides is 1. The van der Waals surface area contributed by atoms with Gasteiger partial charge in [-0.1, -0.05) is 47.3 Å². The molecule has 0 N–H and O–H groups in total. The molecule has 8 nitrogen and oxygen atoms in total. The van der Waals surface area contributed by atoms with Gasteiger partial charge in [0, 0.05) is 31.1 Å². The maximum absolute atomic E-state index is 12.6. The summed E-state index contributed by atoms with van der Waals surface area (Å²) in [5.41, 5.74) is 2.82. The first-order chi connectivity index (χ1) is 12.2. The summed E-state index contributed by atoms with van der Waals surface area (Å²) in [6.45, 7) is 1.15. The molecule has 0 spiro atoms. The van der Waals surface area contributed by atoms with Crippen LogP contribution >= 0.6 is 11.8 Å². The van der Waals surface area contributed by atoms with E-state index in [1.165, 1.54) is 11.8 Å². The lowest BCUT2D eigenvalue weighted by molar-refractivity contribution is -0.129. The second kappa shape index (κ2) is 6.67. The average molecular weight is 356 g/mol. The maximum atomic E-state index is 12.6. The molecule has 128 valence electrons. The second-order valence-corrected chi connectivity index (χ2v) is 6.68. The number of carbonyl (C=O) groups is 1. The SMILES string of the molecule is Cn1nnnc1SCC(=O)N1CCc2onc(-c3ccccc3)c2C1. The number of benzene rings is 1. The number of fused-ring (bicyclic) bond motifs is 1. The summed E-state index contributed by atoms with van der Waals surface area (Å²) >= 11 is 1.34. The molecule has 3 aromatic rings. The van der Waals surface area contributed by atoms with Crippen LogP contribution in [0.5, 0.6) is 0 Å². The van der Waals surface area contributed by atoms with Crippen molar-refractivity contribution < 1.29 is 9.32 Å². The Morgan fingerprint density at radius 2 is 2.16 bits per heavy atom. The van der Waals surface area contributed by atoms with Crippen molar-refractivity contribution >= 4 is 17.7 Å². The molecule has 4 rings (SSSR count). The van der Waals surface area contributed by atoms with Crippen molar-refractivity contribution in [2.75, 3.05) is 12.3 Å². The van der Waals surface area contributed by atoms with Crippen LogP contribution < -0.4 is 0 Å². The first-order valence-corrected chi connectivity index (χ1v) is 8.86. The van der Waals surface area contributed by atoms with E-state index in [4.69, 9.17) is 4.52 Å². The summed E-state index contributed by atoms with van der Waals surface area (Å²) in [5, 5.41) is 16.1. The predicted molar refractivity (Wildman–Crippen MR) is 90.6 cm³/mol. The van der Waals surface area contributed by atoms with Crippen molar-refractivity contribution in [3.63, 3.8) is 0 Å². The molecule has 1 aromatic carbocycles. The molecule has 0 saturated heterocycles. The lowest BCUT2D eigenvalue weighted by atomic mass is 10.0. The van der Waals surface area contributed by atoms with E-state index in [0.717, 1.165) is 22.6 Å². The summed E-state index contributed by atoms with van der Waals surface area (Å²) in [5.74, 6) is 1.22. The number of aromatic nitrogens is 5. The molecule has 0 radical (unpaired) electrons. The molecule has 1 amide bonds. The third-order valence-electron chi connectivity index (χ3n) is 4.13. The fraction of sp³-hybridized carbons (Fsp3) is 0.312. The van der Waals surface area contributed by atoms with Gasteiger partial charge in [0.15, 0.2) is 0 Å². The number of thioether (sulfide) groups is 1. The molecule has 1 aliphatic rings. The Bertz CT molecular complexity index is 891. The van der Waals surface area contributed by atoms with Crippen LogP contribution in [0.2, 0.25) is 0 Å². The summed E-state index contributed by atoms with van der Waals surface area (Å²) in [4.78, 5) is 14.4. The number of hydrogen-bond acceptors (Lipinski definition) is 7. The summed E-state index contributed by atoms with van der Waals surface area (Å²) in [7, 11) is 1.75. The highest BCUT2D eigenvalue weighted by molar-refractivity contribution is 7.99. The van der Waals surface area contributed by atoms with E-state index in [0.29, 0.717) is 30.4 Å². The Balaban J connectivity index is 1.48. The lowest BCUT2D eigenvalue weighted by Gasteiger charge is -2.26. The normalized spacial score (nSPS) is 13.7. The quantitative estimate of drug-likeness (QED) is 0.655. The minimum atomic E-state index is 0.0545. The van der Waals surface area contributed by atoms with Crippen LogP contribution in [0, 0.1) is 0 Å². The van der Waals surface area contributed by atoms with Gasteiger partial charge in [0.05, 0.1) is 12.3 Å². The van der Waals surface area contributed by atoms with Crippen LogP contribution in [0.15, 0.2) is 40.0 Å². The summed E-state index contributed by atoms with van der Waals surface area (Å²) in [6.07, 6.45) is 0.678. The Kier molecular flexibility index (Phi) is 4.22. The van der Waals surface area contributed by atoms with Gasteiger partial charge in [0.2, 0.25) is 11.1 Å². The van der Waals surface area contributed by atoms with Gasteiger partial charge in [0.25, 0.3) is 0 Å². The summed E-state index contributed by atoms with van der Waals surface area (Å²) in [6, 6.07) is 9.89. The molecular formula is C16H16N6O2S. The molecule has 9 heteroatoms. The molecule has 0 saturated carbocycles. The number of nitrogens with zero attached hydrogens (tertiary/aromatic N) is 6. The fourth-order valence-corrected chi connectivity index (χ4v) is 3.56. The van der Waals surface area contributed by atoms with Crippen LogP contribution in [-0.2, 0) is 24.8 Å². The predicted octanol–water partition coefficient (Wildman–Crippen LogP) is 1.54. The molecule has 0 unspecified atom stereocenters. The zero-order valence-corrected chi connectivity index (χ0v) is 14.4. The second-order valence-electron chi connectivity index (χ2n) is 5.74. The van der Waals surface area contributed by atoms with Gasteiger partial charge in [0.1, 0.15) is 11.5 Å². The Labute approximate surface area is 148 Å². The standard InChI is InChI=1S/C16H16N6O2S/c1-21-16(17-19-20-21)25-10-14(23)22-8-7-13-12(9-22)15(18-24-13)11-5-3-2-4-6-11/h2-6H,7-10H2,1H3. The van der Waals surface area contributed by atoms with E-state index in [1.54, 1.807) is 11.7 Å². The van der Waals surface area contributed by atoms with Crippen LogP contribution in [0.4, 0.5) is 0 Å². The molecule has 0 bridgehead atoms.